The van der Waals surface area contributed by atoms with Crippen molar-refractivity contribution in [2.75, 3.05) is 0 Å². The van der Waals surface area contributed by atoms with E-state index >= 15 is 0 Å². The average molecular weight is 259 g/mol. The van der Waals surface area contributed by atoms with Crippen LogP contribution in [-0.2, 0) is 0 Å². The summed E-state index contributed by atoms with van der Waals surface area (Å²) < 4.78 is 1.80. The fraction of sp³-hybridized carbons (Fsp3) is 0.0833. The number of thiazole rings is 1. The Balaban J connectivity index is 2.17. The first kappa shape index (κ1) is 10.9. The zero-order chi connectivity index (χ0) is 12.7. The minimum Gasteiger partial charge on any atom is -0.477 e. The summed E-state index contributed by atoms with van der Waals surface area (Å²) in [5, 5.41) is 9.03. The Morgan fingerprint density at radius 2 is 2.33 bits per heavy atom. The van der Waals surface area contributed by atoms with Gasteiger partial charge < -0.3 is 5.11 Å². The minimum absolute atomic E-state index is 0.329. The second kappa shape index (κ2) is 3.92. The zero-order valence-electron chi connectivity index (χ0n) is 9.49. The molecular weight excluding hydrogens is 250 g/mol. The molecule has 0 saturated heterocycles. The number of pyridine rings is 1. The molecule has 0 aliphatic rings. The number of carbonyl (C=O) groups is 1. The number of aryl methyl sites for hydroxylation is 1. The van der Waals surface area contributed by atoms with E-state index in [0.717, 1.165) is 11.3 Å². The van der Waals surface area contributed by atoms with Crippen LogP contribution in [0, 0.1) is 6.92 Å². The van der Waals surface area contributed by atoms with Crippen LogP contribution in [0.1, 0.15) is 15.4 Å². The van der Waals surface area contributed by atoms with Crippen LogP contribution in [0.25, 0.3) is 16.2 Å². The number of hydrogen-bond acceptors (Lipinski definition) is 4. The Hall–Kier alpha value is -2.21. The number of carboxylic acid groups (broad SMARTS) is 1. The van der Waals surface area contributed by atoms with Crippen LogP contribution in [0.3, 0.4) is 0 Å². The van der Waals surface area contributed by atoms with Crippen molar-refractivity contribution in [2.24, 2.45) is 0 Å². The molecule has 5 nitrogen and oxygen atoms in total. The standard InChI is InChI=1S/C12H9N3O2S/c1-7-10(11(16)17)18-12-14-9(6-15(7)12)8-3-2-4-13-5-8/h2-6H,1H3,(H,16,17). The summed E-state index contributed by atoms with van der Waals surface area (Å²) in [6, 6.07) is 3.77. The summed E-state index contributed by atoms with van der Waals surface area (Å²) in [5.74, 6) is -0.911. The van der Waals surface area contributed by atoms with E-state index in [1.54, 1.807) is 23.7 Å². The van der Waals surface area contributed by atoms with Gasteiger partial charge in [-0.05, 0) is 19.1 Å². The SMILES string of the molecule is Cc1c(C(=O)O)sc2nc(-c3cccnc3)cn12. The molecule has 1 N–H and O–H groups in total. The van der Waals surface area contributed by atoms with Gasteiger partial charge in [0.2, 0.25) is 0 Å². The van der Waals surface area contributed by atoms with E-state index in [-0.39, 0.29) is 0 Å². The molecule has 3 aromatic heterocycles. The summed E-state index contributed by atoms with van der Waals surface area (Å²) in [4.78, 5) is 20.5. The summed E-state index contributed by atoms with van der Waals surface area (Å²) in [6.45, 7) is 1.78. The van der Waals surface area contributed by atoms with Crippen molar-refractivity contribution >= 4 is 22.3 Å². The monoisotopic (exact) mass is 259 g/mol. The van der Waals surface area contributed by atoms with Crippen molar-refractivity contribution in [3.63, 3.8) is 0 Å². The highest BCUT2D eigenvalue weighted by Crippen LogP contribution is 2.26. The lowest BCUT2D eigenvalue weighted by atomic mass is 10.2. The maximum atomic E-state index is 11.0. The summed E-state index contributed by atoms with van der Waals surface area (Å²) in [5.41, 5.74) is 2.42. The van der Waals surface area contributed by atoms with Crippen molar-refractivity contribution in [2.45, 2.75) is 6.92 Å². The van der Waals surface area contributed by atoms with Crippen molar-refractivity contribution in [1.29, 1.82) is 0 Å². The van der Waals surface area contributed by atoms with Crippen LogP contribution < -0.4 is 0 Å². The molecule has 0 aromatic carbocycles. The van der Waals surface area contributed by atoms with Gasteiger partial charge in [0.1, 0.15) is 4.88 Å². The van der Waals surface area contributed by atoms with Crippen molar-refractivity contribution in [3.8, 4) is 11.3 Å². The van der Waals surface area contributed by atoms with Crippen LogP contribution in [-0.4, -0.2) is 25.4 Å². The first-order valence-corrected chi connectivity index (χ1v) is 6.10. The molecule has 6 heteroatoms. The molecule has 0 fully saturated rings. The van der Waals surface area contributed by atoms with Crippen LogP contribution in [0.5, 0.6) is 0 Å². The number of imidazole rings is 1. The van der Waals surface area contributed by atoms with E-state index in [9.17, 15) is 4.79 Å². The van der Waals surface area contributed by atoms with E-state index in [1.165, 1.54) is 11.3 Å². The highest BCUT2D eigenvalue weighted by molar-refractivity contribution is 7.19. The maximum absolute atomic E-state index is 11.0. The molecule has 0 aliphatic heterocycles. The van der Waals surface area contributed by atoms with Gasteiger partial charge in [0.05, 0.1) is 5.69 Å². The third kappa shape index (κ3) is 1.58. The summed E-state index contributed by atoms with van der Waals surface area (Å²) in [7, 11) is 0. The number of nitrogens with zero attached hydrogens (tertiary/aromatic N) is 3. The van der Waals surface area contributed by atoms with Gasteiger partial charge in [-0.25, -0.2) is 9.78 Å². The van der Waals surface area contributed by atoms with Crippen LogP contribution >= 0.6 is 11.3 Å². The minimum atomic E-state index is -0.911. The van der Waals surface area contributed by atoms with Gasteiger partial charge in [-0.15, -0.1) is 0 Å². The third-order valence-electron chi connectivity index (χ3n) is 2.71. The van der Waals surface area contributed by atoms with E-state index in [1.807, 2.05) is 18.3 Å². The van der Waals surface area contributed by atoms with Gasteiger partial charge in [-0.3, -0.25) is 9.38 Å². The van der Waals surface area contributed by atoms with E-state index in [2.05, 4.69) is 9.97 Å². The summed E-state index contributed by atoms with van der Waals surface area (Å²) >= 11 is 1.18. The molecule has 0 aliphatic carbocycles. The maximum Gasteiger partial charge on any atom is 0.347 e. The van der Waals surface area contributed by atoms with Crippen LogP contribution in [0.2, 0.25) is 0 Å². The number of hydrogen-bond donors (Lipinski definition) is 1. The molecule has 3 aromatic rings. The number of carboxylic acids is 1. The Morgan fingerprint density at radius 1 is 1.50 bits per heavy atom. The molecule has 0 saturated carbocycles. The molecule has 0 unspecified atom stereocenters. The molecule has 0 bridgehead atoms. The lowest BCUT2D eigenvalue weighted by Gasteiger charge is -1.94. The highest BCUT2D eigenvalue weighted by Gasteiger charge is 2.16. The van der Waals surface area contributed by atoms with Crippen molar-refractivity contribution in [3.05, 3.63) is 41.3 Å². The molecule has 3 rings (SSSR count). The Kier molecular flexibility index (Phi) is 2.38. The van der Waals surface area contributed by atoms with Gasteiger partial charge in [-0.2, -0.15) is 0 Å². The quantitative estimate of drug-likeness (QED) is 0.767. The molecule has 90 valence electrons. The largest absolute Gasteiger partial charge is 0.477 e. The second-order valence-electron chi connectivity index (χ2n) is 3.84. The fourth-order valence-corrected chi connectivity index (χ4v) is 2.75. The van der Waals surface area contributed by atoms with Gasteiger partial charge in [0.25, 0.3) is 0 Å². The van der Waals surface area contributed by atoms with Gasteiger partial charge >= 0.3 is 5.97 Å². The topological polar surface area (TPSA) is 67.5 Å². The average Bonchev–Trinajstić information content (AvgIpc) is 2.91. The lowest BCUT2D eigenvalue weighted by molar-refractivity contribution is 0.0701. The predicted molar refractivity (Wildman–Crippen MR) is 68.0 cm³/mol. The Labute approximate surface area is 106 Å². The number of fused-ring (bicyclic) bond motifs is 1. The van der Waals surface area contributed by atoms with E-state index < -0.39 is 5.97 Å². The predicted octanol–water partition coefficient (Wildman–Crippen LogP) is 2.46. The second-order valence-corrected chi connectivity index (χ2v) is 4.82. The number of aromatic nitrogens is 3. The van der Waals surface area contributed by atoms with Crippen molar-refractivity contribution < 1.29 is 9.90 Å². The third-order valence-corrected chi connectivity index (χ3v) is 3.85. The van der Waals surface area contributed by atoms with E-state index in [4.69, 9.17) is 5.11 Å². The first-order valence-electron chi connectivity index (χ1n) is 5.29. The summed E-state index contributed by atoms with van der Waals surface area (Å²) in [6.07, 6.45) is 5.28. The Morgan fingerprint density at radius 3 is 2.94 bits per heavy atom. The smallest absolute Gasteiger partial charge is 0.347 e. The highest BCUT2D eigenvalue weighted by atomic mass is 32.1. The molecule has 18 heavy (non-hydrogen) atoms. The fourth-order valence-electron chi connectivity index (χ4n) is 1.80. The van der Waals surface area contributed by atoms with Crippen LogP contribution in [0.4, 0.5) is 0 Å². The molecule has 0 amide bonds. The zero-order valence-corrected chi connectivity index (χ0v) is 10.3. The normalized spacial score (nSPS) is 10.9. The number of aromatic carboxylic acids is 1. The molecular formula is C12H9N3O2S. The van der Waals surface area contributed by atoms with Gasteiger partial charge in [0.15, 0.2) is 4.96 Å². The molecule has 0 radical (unpaired) electrons. The Bertz CT molecular complexity index is 730. The number of rotatable bonds is 2. The van der Waals surface area contributed by atoms with Gasteiger partial charge in [0, 0.05) is 29.8 Å². The van der Waals surface area contributed by atoms with Gasteiger partial charge in [-0.1, -0.05) is 11.3 Å². The molecule has 0 atom stereocenters. The molecule has 3 heterocycles. The van der Waals surface area contributed by atoms with Crippen LogP contribution in [0.15, 0.2) is 30.7 Å². The first-order chi connectivity index (χ1) is 8.66. The molecule has 0 spiro atoms. The van der Waals surface area contributed by atoms with E-state index in [0.29, 0.717) is 15.5 Å². The lowest BCUT2D eigenvalue weighted by Crippen LogP contribution is -1.96. The van der Waals surface area contributed by atoms with Crippen molar-refractivity contribution in [1.82, 2.24) is 14.4 Å².